The predicted molar refractivity (Wildman–Crippen MR) is 64.3 cm³/mol. The topological polar surface area (TPSA) is 113 Å². The van der Waals surface area contributed by atoms with Crippen LogP contribution in [0, 0.1) is 0 Å². The zero-order valence-electron chi connectivity index (χ0n) is 9.40. The fourth-order valence-corrected chi connectivity index (χ4v) is 0.279. The van der Waals surface area contributed by atoms with Crippen LogP contribution in [0.3, 0.4) is 0 Å². The zero-order valence-corrected chi connectivity index (χ0v) is 13.2. The summed E-state index contributed by atoms with van der Waals surface area (Å²) in [6.07, 6.45) is 0. The van der Waals surface area contributed by atoms with E-state index in [0.29, 0.717) is 0 Å². The van der Waals surface area contributed by atoms with Gasteiger partial charge in [0.05, 0.1) is 0 Å². The maximum Gasteiger partial charge on any atom is 0.318 e. The summed E-state index contributed by atoms with van der Waals surface area (Å²) in [5.74, 6) is -2.57. The quantitative estimate of drug-likeness (QED) is 0.336. The molecule has 0 bridgehead atoms. The van der Waals surface area contributed by atoms with Crippen LogP contribution < -0.4 is 11.1 Å². The van der Waals surface area contributed by atoms with Gasteiger partial charge in [0, 0.05) is 34.2 Å². The van der Waals surface area contributed by atoms with Crippen molar-refractivity contribution in [2.75, 3.05) is 31.4 Å². The molecule has 0 spiro atoms. The van der Waals surface area contributed by atoms with E-state index >= 15 is 0 Å². The van der Waals surface area contributed by atoms with Crippen molar-refractivity contribution in [3.8, 4) is 0 Å². The van der Waals surface area contributed by atoms with Gasteiger partial charge in [-0.3, -0.25) is 9.59 Å². The first-order valence-corrected chi connectivity index (χ1v) is 5.49. The summed E-state index contributed by atoms with van der Waals surface area (Å²) in [5.41, 5.74) is 5.15. The van der Waals surface area contributed by atoms with Gasteiger partial charge in [-0.1, -0.05) is 6.92 Å². The summed E-state index contributed by atoms with van der Waals surface area (Å²) in [5, 5.41) is 18.3. The number of aliphatic carboxylic acids is 2. The number of likely N-dealkylation sites (N-methyl/N-ethyl adjacent to an activating group) is 1. The third-order valence-electron chi connectivity index (χ3n) is 0.800. The van der Waals surface area contributed by atoms with Gasteiger partial charge in [0.15, 0.2) is 0 Å². The van der Waals surface area contributed by atoms with E-state index < -0.39 is 11.9 Å². The first-order chi connectivity index (χ1) is 7.45. The average Bonchev–Trinajstić information content (AvgIpc) is 2.27. The van der Waals surface area contributed by atoms with Crippen LogP contribution in [0.5, 0.6) is 0 Å². The van der Waals surface area contributed by atoms with Crippen molar-refractivity contribution in [1.29, 1.82) is 0 Å². The number of carboxylic acid groups (broad SMARTS) is 2. The monoisotopic (exact) mass is 471 g/mol. The Morgan fingerprint density at radius 1 is 1.18 bits per heavy atom. The summed E-state index contributed by atoms with van der Waals surface area (Å²) >= 11 is 9.47. The number of carboxylic acids is 2. The minimum atomic E-state index is -0.980. The van der Waals surface area contributed by atoms with Crippen molar-refractivity contribution in [3.05, 3.63) is 0 Å². The molecule has 5 N–H and O–H groups in total. The van der Waals surface area contributed by atoms with Crippen LogP contribution in [0.2, 0.25) is 0 Å². The molecule has 0 aliphatic carbocycles. The molecule has 0 aromatic rings. The molecular weight excluding hydrogens is 454 g/mol. The molecule has 9 heteroatoms. The predicted octanol–water partition coefficient (Wildman–Crippen LogP) is 0.172. The Hall–Kier alpha value is 0.128. The molecule has 6 nitrogen and oxygen atoms in total. The Labute approximate surface area is 125 Å². The Morgan fingerprint density at radius 3 is 1.53 bits per heavy atom. The van der Waals surface area contributed by atoms with Gasteiger partial charge in [0.25, 0.3) is 0 Å². The van der Waals surface area contributed by atoms with E-state index in [0.717, 1.165) is 19.6 Å². The number of hydrogen-bond donors (Lipinski definition) is 4. The summed E-state index contributed by atoms with van der Waals surface area (Å²) in [6.45, 7) is 4.77. The number of nitrogens with one attached hydrogen (secondary N) is 1. The summed E-state index contributed by atoms with van der Waals surface area (Å²) < 4.78 is 0. The average molecular weight is 472 g/mol. The number of nitrogens with two attached hydrogens (primary N) is 1. The number of rotatable bonds is 5. The van der Waals surface area contributed by atoms with Crippen LogP contribution in [0.4, 0.5) is 0 Å². The molecule has 108 valence electrons. The molecule has 0 amide bonds. The second-order valence-corrected chi connectivity index (χ2v) is 2.73. The molecule has 0 heterocycles. The normalized spacial score (nSPS) is 7.53. The molecule has 0 unspecified atom stereocenters. The van der Waals surface area contributed by atoms with Gasteiger partial charge < -0.3 is 21.3 Å². The first-order valence-electron chi connectivity index (χ1n) is 4.42. The maximum absolute atomic E-state index is 9.24. The molecule has 0 fully saturated rings. The van der Waals surface area contributed by atoms with Gasteiger partial charge in [-0.15, -0.1) is 23.2 Å². The van der Waals surface area contributed by atoms with E-state index in [1.807, 2.05) is 0 Å². The van der Waals surface area contributed by atoms with E-state index in [9.17, 15) is 9.59 Å². The molecule has 0 aromatic carbocycles. The smallest absolute Gasteiger partial charge is 0.318 e. The van der Waals surface area contributed by atoms with Gasteiger partial charge >= 0.3 is 11.9 Å². The van der Waals surface area contributed by atoms with Crippen LogP contribution in [0.1, 0.15) is 6.92 Å². The molecule has 0 radical (unpaired) electrons. The number of alkyl halides is 2. The van der Waals surface area contributed by atoms with Crippen molar-refractivity contribution < 1.29 is 40.9 Å². The number of hydrogen-bond acceptors (Lipinski definition) is 4. The fourth-order valence-electron chi connectivity index (χ4n) is 0.279. The van der Waals surface area contributed by atoms with Crippen molar-refractivity contribution in [3.63, 3.8) is 0 Å². The summed E-state index contributed by atoms with van der Waals surface area (Å²) in [7, 11) is 0. The second kappa shape index (κ2) is 25.1. The van der Waals surface area contributed by atoms with E-state index in [1.165, 1.54) is 0 Å². The molecule has 0 atom stereocenters. The molecule has 0 aromatic heterocycles. The molecule has 0 aliphatic heterocycles. The van der Waals surface area contributed by atoms with Crippen LogP contribution >= 0.6 is 23.2 Å². The van der Waals surface area contributed by atoms with Gasteiger partial charge in [-0.25, -0.2) is 0 Å². The number of halogens is 2. The Balaban J connectivity index is -0.0000000729. The number of carbonyl (C=O) groups is 2. The third kappa shape index (κ3) is 63.4. The van der Waals surface area contributed by atoms with Crippen molar-refractivity contribution in [2.45, 2.75) is 6.92 Å². The Bertz CT molecular complexity index is 158. The molecule has 0 aliphatic rings. The first kappa shape index (κ1) is 25.9. The third-order valence-corrected chi connectivity index (χ3v) is 1.26. The van der Waals surface area contributed by atoms with E-state index in [1.54, 1.807) is 0 Å². The van der Waals surface area contributed by atoms with Crippen LogP contribution in [0.15, 0.2) is 0 Å². The van der Waals surface area contributed by atoms with Crippen LogP contribution in [0.25, 0.3) is 0 Å². The Morgan fingerprint density at radius 2 is 1.47 bits per heavy atom. The zero-order chi connectivity index (χ0) is 13.4. The minimum absolute atomic E-state index is 0. The SMILES string of the molecule is CCNCCN.O=C(O)CCl.O=C(O)CCl.[Pt]. The fraction of sp³-hybridized carbons (Fsp3) is 0.750. The van der Waals surface area contributed by atoms with Crippen LogP contribution in [-0.2, 0) is 30.7 Å². The van der Waals surface area contributed by atoms with Gasteiger partial charge in [-0.2, -0.15) is 0 Å². The van der Waals surface area contributed by atoms with Gasteiger partial charge in [0.1, 0.15) is 11.8 Å². The van der Waals surface area contributed by atoms with Crippen LogP contribution in [-0.4, -0.2) is 53.5 Å². The molecule has 0 rings (SSSR count). The van der Waals surface area contributed by atoms with Crippen molar-refractivity contribution in [2.24, 2.45) is 5.73 Å². The minimum Gasteiger partial charge on any atom is -0.480 e. The molecular formula is C8H18Cl2N2O4Pt. The largest absolute Gasteiger partial charge is 0.480 e. The summed E-state index contributed by atoms with van der Waals surface area (Å²) in [4.78, 5) is 18.5. The Kier molecular flexibility index (Phi) is 38.2. The molecule has 17 heavy (non-hydrogen) atoms. The van der Waals surface area contributed by atoms with E-state index in [2.05, 4.69) is 12.2 Å². The van der Waals surface area contributed by atoms with Gasteiger partial charge in [0.2, 0.25) is 0 Å². The molecule has 0 saturated heterocycles. The van der Waals surface area contributed by atoms with Crippen molar-refractivity contribution >= 4 is 35.1 Å². The standard InChI is InChI=1S/C4H12N2.2C2H3ClO2.Pt/c1-2-6-4-3-5;2*3-1-2(4)5;/h6H,2-5H2,1H3;2*1H2,(H,4,5);. The van der Waals surface area contributed by atoms with Gasteiger partial charge in [-0.05, 0) is 6.54 Å². The van der Waals surface area contributed by atoms with E-state index in [4.69, 9.17) is 39.1 Å². The summed E-state index contributed by atoms with van der Waals surface area (Å²) in [6, 6.07) is 0. The second-order valence-electron chi connectivity index (χ2n) is 2.20. The van der Waals surface area contributed by atoms with E-state index in [-0.39, 0.29) is 32.8 Å². The van der Waals surface area contributed by atoms with Crippen molar-refractivity contribution in [1.82, 2.24) is 5.32 Å². The molecule has 0 saturated carbocycles. The maximum atomic E-state index is 9.24.